The van der Waals surface area contributed by atoms with Crippen LogP contribution < -0.4 is 32.7 Å². The zero-order chi connectivity index (χ0) is 34.0. The standard InChI is InChI=1S/C31H34N10O6/c1-39-13-17(9-21(39)29(44)35-8-7-25(32)33)37-31(46)23-11-18(14-41(23)3)38-30(45)22-10-16(12-40(22)2)36-28(43)20-6-4-5-19(26(20)34)27(42)24-15-47-24/h4-6,9-14,24H,7-8,15,34H2,1-3H3,(H3,32,33)(H,35,44)(H,36,43)(H,37,46)(H,38,45). The first-order valence-electron chi connectivity index (χ1n) is 14.4. The summed E-state index contributed by atoms with van der Waals surface area (Å²) in [6, 6.07) is 9.11. The number of nitrogen functional groups attached to an aromatic ring is 1. The van der Waals surface area contributed by atoms with Crippen molar-refractivity contribution in [3.8, 4) is 0 Å². The summed E-state index contributed by atoms with van der Waals surface area (Å²) in [6.45, 7) is 0.531. The molecule has 4 heterocycles. The van der Waals surface area contributed by atoms with Gasteiger partial charge in [0.1, 0.15) is 23.2 Å². The first-order chi connectivity index (χ1) is 22.3. The van der Waals surface area contributed by atoms with Crippen LogP contribution in [0.3, 0.4) is 0 Å². The SMILES string of the molecule is Cn1cc(NC(=O)c2cc(NC(=O)c3cc(NC(=O)c4cccc(C(=O)C5CO5)c4N)cn3C)cn2C)cc1C(=O)NCCC(=N)N. The molecule has 47 heavy (non-hydrogen) atoms. The molecule has 1 fully saturated rings. The van der Waals surface area contributed by atoms with Gasteiger partial charge < -0.3 is 51.2 Å². The molecular formula is C31H34N10O6. The number of Topliss-reactive ketones (excluding diaryl/α,β-unsaturated/α-hetero) is 1. The zero-order valence-electron chi connectivity index (χ0n) is 25.8. The van der Waals surface area contributed by atoms with E-state index in [-0.39, 0.29) is 58.7 Å². The predicted octanol–water partition coefficient (Wildman–Crippen LogP) is 1.68. The Labute approximate surface area is 268 Å². The van der Waals surface area contributed by atoms with E-state index in [0.29, 0.717) is 29.4 Å². The van der Waals surface area contributed by atoms with Crippen molar-refractivity contribution in [3.63, 3.8) is 0 Å². The van der Waals surface area contributed by atoms with Crippen LogP contribution in [0.5, 0.6) is 0 Å². The van der Waals surface area contributed by atoms with Gasteiger partial charge in [0.15, 0.2) is 5.78 Å². The van der Waals surface area contributed by atoms with Crippen LogP contribution in [0.2, 0.25) is 0 Å². The van der Waals surface area contributed by atoms with Crippen molar-refractivity contribution in [2.75, 3.05) is 34.8 Å². The predicted molar refractivity (Wildman–Crippen MR) is 174 cm³/mol. The molecule has 0 aliphatic carbocycles. The highest BCUT2D eigenvalue weighted by atomic mass is 16.6. The molecule has 16 heteroatoms. The highest BCUT2D eigenvalue weighted by Gasteiger charge is 2.34. The third kappa shape index (κ3) is 7.23. The molecule has 0 spiro atoms. The molecule has 0 bridgehead atoms. The van der Waals surface area contributed by atoms with Crippen LogP contribution in [0.25, 0.3) is 0 Å². The van der Waals surface area contributed by atoms with Crippen LogP contribution >= 0.6 is 0 Å². The number of para-hydroxylation sites is 1. The summed E-state index contributed by atoms with van der Waals surface area (Å²) >= 11 is 0. The monoisotopic (exact) mass is 642 g/mol. The molecule has 3 aromatic heterocycles. The molecule has 244 valence electrons. The maximum Gasteiger partial charge on any atom is 0.272 e. The molecule has 0 radical (unpaired) electrons. The van der Waals surface area contributed by atoms with E-state index in [9.17, 15) is 24.0 Å². The number of amidine groups is 1. The van der Waals surface area contributed by atoms with Crippen molar-refractivity contribution in [2.24, 2.45) is 26.9 Å². The molecule has 4 aromatic rings. The highest BCUT2D eigenvalue weighted by Crippen LogP contribution is 2.25. The highest BCUT2D eigenvalue weighted by molar-refractivity contribution is 6.14. The lowest BCUT2D eigenvalue weighted by Gasteiger charge is -2.09. The lowest BCUT2D eigenvalue weighted by atomic mass is 10.0. The number of benzene rings is 1. The number of aromatic nitrogens is 3. The van der Waals surface area contributed by atoms with Gasteiger partial charge in [-0.2, -0.15) is 0 Å². The molecule has 1 aromatic carbocycles. The van der Waals surface area contributed by atoms with Crippen molar-refractivity contribution >= 4 is 58.0 Å². The molecule has 1 atom stereocenters. The van der Waals surface area contributed by atoms with Crippen LogP contribution in [-0.4, -0.2) is 68.2 Å². The Bertz CT molecular complexity index is 1930. The minimum atomic E-state index is -0.552. The van der Waals surface area contributed by atoms with Gasteiger partial charge in [0.25, 0.3) is 23.6 Å². The Morgan fingerprint density at radius 1 is 0.787 bits per heavy atom. The number of nitrogens with zero attached hydrogens (tertiary/aromatic N) is 3. The number of nitrogens with one attached hydrogen (secondary N) is 5. The molecule has 16 nitrogen and oxygen atoms in total. The number of rotatable bonds is 12. The van der Waals surface area contributed by atoms with Gasteiger partial charge in [-0.3, -0.25) is 29.4 Å². The first kappa shape index (κ1) is 32.2. The Hall–Kier alpha value is -6.16. The van der Waals surface area contributed by atoms with Crippen LogP contribution in [-0.2, 0) is 25.9 Å². The number of nitrogens with two attached hydrogens (primary N) is 2. The Morgan fingerprint density at radius 3 is 1.70 bits per heavy atom. The molecule has 9 N–H and O–H groups in total. The van der Waals surface area contributed by atoms with E-state index in [1.807, 2.05) is 0 Å². The lowest BCUT2D eigenvalue weighted by molar-refractivity contribution is 0.0941. The maximum absolute atomic E-state index is 13.2. The Morgan fingerprint density at radius 2 is 1.23 bits per heavy atom. The summed E-state index contributed by atoms with van der Waals surface area (Å²) < 4.78 is 9.66. The number of anilines is 4. The second-order valence-corrected chi connectivity index (χ2v) is 11.0. The zero-order valence-corrected chi connectivity index (χ0v) is 25.8. The summed E-state index contributed by atoms with van der Waals surface area (Å²) in [6.07, 6.45) is 4.39. The van der Waals surface area contributed by atoms with Crippen LogP contribution in [0.15, 0.2) is 55.0 Å². The number of aryl methyl sites for hydroxylation is 3. The summed E-state index contributed by atoms with van der Waals surface area (Å²) in [5.74, 6) is -2.22. The fourth-order valence-electron chi connectivity index (χ4n) is 4.92. The van der Waals surface area contributed by atoms with Gasteiger partial charge in [0.05, 0.1) is 40.8 Å². The summed E-state index contributed by atoms with van der Waals surface area (Å²) in [5.41, 5.74) is 13.6. The topological polar surface area (TPSA) is 237 Å². The van der Waals surface area contributed by atoms with E-state index in [1.165, 1.54) is 28.8 Å². The molecule has 5 rings (SSSR count). The van der Waals surface area contributed by atoms with Gasteiger partial charge >= 0.3 is 0 Å². The van der Waals surface area contributed by atoms with Crippen molar-refractivity contribution in [1.29, 1.82) is 5.41 Å². The van der Waals surface area contributed by atoms with E-state index in [4.69, 9.17) is 21.6 Å². The fraction of sp³-hybridized carbons (Fsp3) is 0.226. The summed E-state index contributed by atoms with van der Waals surface area (Å²) in [4.78, 5) is 64.1. The number of carbonyl (C=O) groups excluding carboxylic acids is 5. The van der Waals surface area contributed by atoms with Gasteiger partial charge in [-0.25, -0.2) is 0 Å². The second-order valence-electron chi connectivity index (χ2n) is 11.0. The second kappa shape index (κ2) is 13.1. The number of hydrogen-bond acceptors (Lipinski definition) is 8. The number of carbonyl (C=O) groups is 5. The largest absolute Gasteiger partial charge is 0.397 e. The average Bonchev–Trinajstić information content (AvgIpc) is 3.57. The van der Waals surface area contributed by atoms with E-state index in [0.717, 1.165) is 0 Å². The molecule has 1 saturated heterocycles. The van der Waals surface area contributed by atoms with E-state index < -0.39 is 23.8 Å². The normalized spacial score (nSPS) is 13.5. The molecule has 1 unspecified atom stereocenters. The molecule has 1 aliphatic heterocycles. The third-order valence-corrected chi connectivity index (χ3v) is 7.41. The van der Waals surface area contributed by atoms with Crippen molar-refractivity contribution < 1.29 is 28.7 Å². The molecule has 1 aliphatic rings. The number of ketones is 1. The van der Waals surface area contributed by atoms with Crippen molar-refractivity contribution in [2.45, 2.75) is 12.5 Å². The van der Waals surface area contributed by atoms with Crippen molar-refractivity contribution in [3.05, 3.63) is 83.2 Å². The van der Waals surface area contributed by atoms with Gasteiger partial charge in [-0.15, -0.1) is 0 Å². The van der Waals surface area contributed by atoms with Crippen LogP contribution in [0.4, 0.5) is 22.7 Å². The third-order valence-electron chi connectivity index (χ3n) is 7.41. The molecule has 0 saturated carbocycles. The number of ether oxygens (including phenoxy) is 1. The Balaban J connectivity index is 1.21. The van der Waals surface area contributed by atoms with Gasteiger partial charge in [-0.05, 0) is 30.3 Å². The number of hydrogen-bond donors (Lipinski definition) is 7. The van der Waals surface area contributed by atoms with Crippen LogP contribution in [0.1, 0.15) is 58.6 Å². The Kier molecular flexibility index (Phi) is 8.96. The minimum absolute atomic E-state index is 0.0376. The van der Waals surface area contributed by atoms with Gasteiger partial charge in [0.2, 0.25) is 0 Å². The lowest BCUT2D eigenvalue weighted by Crippen LogP contribution is -2.28. The smallest absolute Gasteiger partial charge is 0.272 e. The quantitative estimate of drug-likeness (QED) is 0.0394. The van der Waals surface area contributed by atoms with E-state index in [1.54, 1.807) is 61.0 Å². The van der Waals surface area contributed by atoms with Crippen molar-refractivity contribution in [1.82, 2.24) is 19.0 Å². The maximum atomic E-state index is 13.2. The minimum Gasteiger partial charge on any atom is -0.397 e. The first-order valence-corrected chi connectivity index (χ1v) is 14.4. The van der Waals surface area contributed by atoms with E-state index in [2.05, 4.69) is 21.3 Å². The van der Waals surface area contributed by atoms with Crippen LogP contribution in [0, 0.1) is 5.41 Å². The molecule has 4 amide bonds. The number of epoxide rings is 1. The summed E-state index contributed by atoms with van der Waals surface area (Å²) in [5, 5.41) is 18.1. The molecular weight excluding hydrogens is 608 g/mol. The average molecular weight is 643 g/mol. The van der Waals surface area contributed by atoms with E-state index >= 15 is 0 Å². The summed E-state index contributed by atoms with van der Waals surface area (Å²) in [7, 11) is 4.94. The number of amides is 4. The van der Waals surface area contributed by atoms with Gasteiger partial charge in [0, 0.05) is 58.3 Å². The van der Waals surface area contributed by atoms with Gasteiger partial charge in [-0.1, -0.05) is 6.07 Å². The fourth-order valence-corrected chi connectivity index (χ4v) is 4.92.